The second kappa shape index (κ2) is 7.16. The molecule has 0 bridgehead atoms. The quantitative estimate of drug-likeness (QED) is 0.813. The van der Waals surface area contributed by atoms with Gasteiger partial charge in [-0.1, -0.05) is 13.8 Å². The lowest BCUT2D eigenvalue weighted by molar-refractivity contribution is 0.0903. The Kier molecular flexibility index (Phi) is 5.21. The van der Waals surface area contributed by atoms with Crippen molar-refractivity contribution in [3.05, 3.63) is 23.7 Å². The minimum absolute atomic E-state index is 0.300. The van der Waals surface area contributed by atoms with E-state index in [-0.39, 0.29) is 6.10 Å². The van der Waals surface area contributed by atoms with E-state index in [0.29, 0.717) is 19.0 Å². The molecule has 2 heterocycles. The van der Waals surface area contributed by atoms with Crippen molar-refractivity contribution in [3.8, 4) is 0 Å². The van der Waals surface area contributed by atoms with E-state index in [1.807, 2.05) is 0 Å². The van der Waals surface area contributed by atoms with E-state index < -0.39 is 0 Å². The molecule has 3 rings (SSSR count). The molecule has 3 atom stereocenters. The Morgan fingerprint density at radius 1 is 1.32 bits per heavy atom. The van der Waals surface area contributed by atoms with Gasteiger partial charge < -0.3 is 19.7 Å². The van der Waals surface area contributed by atoms with Crippen molar-refractivity contribution >= 4 is 0 Å². The highest BCUT2D eigenvalue weighted by Gasteiger charge is 2.36. The molecule has 1 aromatic heterocycles. The third-order valence-corrected chi connectivity index (χ3v) is 5.18. The van der Waals surface area contributed by atoms with Crippen LogP contribution in [0.3, 0.4) is 0 Å². The van der Waals surface area contributed by atoms with E-state index in [0.717, 1.165) is 43.0 Å². The molecule has 2 aliphatic rings. The molecule has 0 aromatic carbocycles. The van der Waals surface area contributed by atoms with Crippen LogP contribution in [0.1, 0.15) is 50.5 Å². The first-order valence-electron chi connectivity index (χ1n) is 8.81. The first-order valence-corrected chi connectivity index (χ1v) is 8.81. The lowest BCUT2D eigenvalue weighted by Gasteiger charge is -2.31. The Morgan fingerprint density at radius 3 is 2.73 bits per heavy atom. The van der Waals surface area contributed by atoms with Gasteiger partial charge in [0.1, 0.15) is 11.5 Å². The average molecular weight is 306 g/mol. The Hall–Kier alpha value is -0.840. The van der Waals surface area contributed by atoms with Crippen LogP contribution >= 0.6 is 0 Å². The van der Waals surface area contributed by atoms with Crippen molar-refractivity contribution < 1.29 is 9.52 Å². The van der Waals surface area contributed by atoms with Crippen LogP contribution in [-0.4, -0.2) is 42.3 Å². The molecule has 22 heavy (non-hydrogen) atoms. The highest BCUT2D eigenvalue weighted by Crippen LogP contribution is 2.47. The standard InChI is InChI=1S/C18H30N2O2/c1-13-5-7-20(8-6-13)12-15(21)10-19-11-16-3-4-18(22-16)17-9-14(17)2/h3-4,13-15,17,19,21H,5-12H2,1-2H3. The first-order chi connectivity index (χ1) is 10.6. The van der Waals surface area contributed by atoms with Gasteiger partial charge in [0, 0.05) is 19.0 Å². The molecule has 4 nitrogen and oxygen atoms in total. The van der Waals surface area contributed by atoms with Crippen LogP contribution in [0, 0.1) is 11.8 Å². The molecule has 3 unspecified atom stereocenters. The normalized spacial score (nSPS) is 28.0. The van der Waals surface area contributed by atoms with E-state index in [2.05, 4.69) is 36.2 Å². The van der Waals surface area contributed by atoms with Gasteiger partial charge in [-0.15, -0.1) is 0 Å². The minimum Gasteiger partial charge on any atom is -0.464 e. The number of furan rings is 1. The number of nitrogens with zero attached hydrogens (tertiary/aromatic N) is 1. The van der Waals surface area contributed by atoms with Crippen LogP contribution in [0.15, 0.2) is 16.5 Å². The van der Waals surface area contributed by atoms with Gasteiger partial charge in [0.25, 0.3) is 0 Å². The minimum atomic E-state index is -0.300. The van der Waals surface area contributed by atoms with Gasteiger partial charge >= 0.3 is 0 Å². The van der Waals surface area contributed by atoms with E-state index in [4.69, 9.17) is 4.42 Å². The number of β-amino-alcohol motifs (C(OH)–C–C–N with tert-alkyl or cyclic N) is 1. The first kappa shape index (κ1) is 16.0. The molecule has 4 heteroatoms. The summed E-state index contributed by atoms with van der Waals surface area (Å²) in [7, 11) is 0. The summed E-state index contributed by atoms with van der Waals surface area (Å²) < 4.78 is 5.87. The summed E-state index contributed by atoms with van der Waals surface area (Å²) >= 11 is 0. The fourth-order valence-electron chi connectivity index (χ4n) is 3.38. The summed E-state index contributed by atoms with van der Waals surface area (Å²) in [5.41, 5.74) is 0. The molecule has 1 aliphatic carbocycles. The maximum absolute atomic E-state index is 10.1. The molecular formula is C18H30N2O2. The van der Waals surface area contributed by atoms with Crippen molar-refractivity contribution in [2.75, 3.05) is 26.2 Å². The summed E-state index contributed by atoms with van der Waals surface area (Å²) in [4.78, 5) is 2.38. The van der Waals surface area contributed by atoms with Crippen molar-refractivity contribution in [1.29, 1.82) is 0 Å². The number of aliphatic hydroxyl groups is 1. The van der Waals surface area contributed by atoms with E-state index >= 15 is 0 Å². The van der Waals surface area contributed by atoms with Crippen LogP contribution < -0.4 is 5.32 Å². The van der Waals surface area contributed by atoms with Crippen LogP contribution in [0.5, 0.6) is 0 Å². The van der Waals surface area contributed by atoms with Crippen LogP contribution in [0.4, 0.5) is 0 Å². The Balaban J connectivity index is 1.33. The molecule has 1 aliphatic heterocycles. The number of aliphatic hydroxyl groups excluding tert-OH is 1. The summed E-state index contributed by atoms with van der Waals surface area (Å²) in [6.07, 6.45) is 3.48. The average Bonchev–Trinajstić information content (AvgIpc) is 3.04. The number of rotatable bonds is 7. The fourth-order valence-corrected chi connectivity index (χ4v) is 3.38. The third-order valence-electron chi connectivity index (χ3n) is 5.18. The van der Waals surface area contributed by atoms with Gasteiger partial charge in [0.2, 0.25) is 0 Å². The van der Waals surface area contributed by atoms with Crippen molar-refractivity contribution in [1.82, 2.24) is 10.2 Å². The molecular weight excluding hydrogens is 276 g/mol. The van der Waals surface area contributed by atoms with Gasteiger partial charge in [0.05, 0.1) is 12.6 Å². The van der Waals surface area contributed by atoms with Crippen LogP contribution in [0.2, 0.25) is 0 Å². The largest absolute Gasteiger partial charge is 0.464 e. The zero-order chi connectivity index (χ0) is 15.5. The van der Waals surface area contributed by atoms with Crippen LogP contribution in [-0.2, 0) is 6.54 Å². The molecule has 1 aromatic rings. The molecule has 1 saturated carbocycles. The van der Waals surface area contributed by atoms with Crippen molar-refractivity contribution in [2.24, 2.45) is 11.8 Å². The second-order valence-electron chi connectivity index (χ2n) is 7.39. The lowest BCUT2D eigenvalue weighted by atomic mass is 9.99. The van der Waals surface area contributed by atoms with E-state index in [1.165, 1.54) is 19.3 Å². The predicted molar refractivity (Wildman–Crippen MR) is 87.8 cm³/mol. The SMILES string of the molecule is CC1CCN(CC(O)CNCc2ccc(C3CC3C)o2)CC1. The summed E-state index contributed by atoms with van der Waals surface area (Å²) in [6.45, 7) is 8.94. The van der Waals surface area contributed by atoms with Gasteiger partial charge in [0.15, 0.2) is 0 Å². The van der Waals surface area contributed by atoms with Gasteiger partial charge in [-0.2, -0.15) is 0 Å². The van der Waals surface area contributed by atoms with E-state index in [9.17, 15) is 5.11 Å². The van der Waals surface area contributed by atoms with E-state index in [1.54, 1.807) is 0 Å². The van der Waals surface area contributed by atoms with Crippen LogP contribution in [0.25, 0.3) is 0 Å². The summed E-state index contributed by atoms with van der Waals surface area (Å²) in [5.74, 6) is 4.37. The maximum Gasteiger partial charge on any atom is 0.117 e. The van der Waals surface area contributed by atoms with Gasteiger partial charge in [-0.05, 0) is 56.3 Å². The topological polar surface area (TPSA) is 48.6 Å². The number of likely N-dealkylation sites (tertiary alicyclic amines) is 1. The number of hydrogen-bond acceptors (Lipinski definition) is 4. The third kappa shape index (κ3) is 4.34. The molecule has 0 amide bonds. The molecule has 0 radical (unpaired) electrons. The second-order valence-corrected chi connectivity index (χ2v) is 7.39. The summed E-state index contributed by atoms with van der Waals surface area (Å²) in [6, 6.07) is 4.17. The highest BCUT2D eigenvalue weighted by molar-refractivity contribution is 5.17. The molecule has 2 N–H and O–H groups in total. The highest BCUT2D eigenvalue weighted by atomic mass is 16.3. The predicted octanol–water partition coefficient (Wildman–Crippen LogP) is 2.59. The number of hydrogen-bond donors (Lipinski definition) is 2. The Bertz CT molecular complexity index is 465. The smallest absolute Gasteiger partial charge is 0.117 e. The molecule has 0 spiro atoms. The van der Waals surface area contributed by atoms with Crippen molar-refractivity contribution in [2.45, 2.75) is 51.7 Å². The Morgan fingerprint density at radius 2 is 2.05 bits per heavy atom. The van der Waals surface area contributed by atoms with Gasteiger partial charge in [-0.25, -0.2) is 0 Å². The summed E-state index contributed by atoms with van der Waals surface area (Å²) in [5, 5.41) is 13.5. The lowest BCUT2D eigenvalue weighted by Crippen LogP contribution is -2.41. The number of piperidine rings is 1. The Labute approximate surface area is 133 Å². The monoisotopic (exact) mass is 306 g/mol. The van der Waals surface area contributed by atoms with Gasteiger partial charge in [-0.3, -0.25) is 0 Å². The van der Waals surface area contributed by atoms with Crippen molar-refractivity contribution in [3.63, 3.8) is 0 Å². The molecule has 1 saturated heterocycles. The number of nitrogens with one attached hydrogen (secondary N) is 1. The zero-order valence-electron chi connectivity index (χ0n) is 13.9. The molecule has 2 fully saturated rings. The molecule has 124 valence electrons. The zero-order valence-corrected chi connectivity index (χ0v) is 13.9. The maximum atomic E-state index is 10.1. The fraction of sp³-hybridized carbons (Fsp3) is 0.778.